The molecule has 1 fully saturated rings. The number of fused-ring (bicyclic) bond motifs is 1. The summed E-state index contributed by atoms with van der Waals surface area (Å²) in [4.78, 5) is 12.2. The molecule has 7 heteroatoms. The zero-order chi connectivity index (χ0) is 19.0. The Labute approximate surface area is 154 Å². The summed E-state index contributed by atoms with van der Waals surface area (Å²) >= 11 is 0. The summed E-state index contributed by atoms with van der Waals surface area (Å²) in [5, 5.41) is 5.53. The Hall–Kier alpha value is -2.54. The van der Waals surface area contributed by atoms with Crippen molar-refractivity contribution in [3.8, 4) is 0 Å². The highest BCUT2D eigenvalue weighted by atomic mass is 19.4. The third-order valence-electron chi connectivity index (χ3n) is 5.01. The molecule has 0 radical (unpaired) electrons. The van der Waals surface area contributed by atoms with E-state index < -0.39 is 17.8 Å². The Balaban J connectivity index is 1.38. The van der Waals surface area contributed by atoms with Crippen molar-refractivity contribution in [3.05, 3.63) is 64.7 Å². The van der Waals surface area contributed by atoms with Gasteiger partial charge in [-0.2, -0.15) is 13.2 Å². The molecule has 2 amide bonds. The van der Waals surface area contributed by atoms with Gasteiger partial charge in [-0.05, 0) is 47.7 Å². The third kappa shape index (κ3) is 3.93. The van der Waals surface area contributed by atoms with E-state index in [0.29, 0.717) is 25.3 Å². The van der Waals surface area contributed by atoms with Crippen LogP contribution in [-0.2, 0) is 23.9 Å². The minimum absolute atomic E-state index is 0.240. The first kappa shape index (κ1) is 17.9. The van der Waals surface area contributed by atoms with Gasteiger partial charge in [0.2, 0.25) is 0 Å². The summed E-state index contributed by atoms with van der Waals surface area (Å²) in [5.74, 6) is -0.311. The van der Waals surface area contributed by atoms with Crippen LogP contribution in [0.5, 0.6) is 0 Å². The number of hydrogen-bond acceptors (Lipinski definition) is 2. The lowest BCUT2D eigenvalue weighted by molar-refractivity contribution is -0.138. The molecular formula is C20H19F3N2O2. The summed E-state index contributed by atoms with van der Waals surface area (Å²) in [6.45, 7) is 1.23. The Bertz CT molecular complexity index is 867. The summed E-state index contributed by atoms with van der Waals surface area (Å²) in [6.07, 6.45) is -3.09. The van der Waals surface area contributed by atoms with Gasteiger partial charge in [-0.15, -0.1) is 0 Å². The molecule has 1 aliphatic carbocycles. The van der Waals surface area contributed by atoms with Crippen LogP contribution in [0.4, 0.5) is 23.7 Å². The summed E-state index contributed by atoms with van der Waals surface area (Å²) < 4.78 is 44.8. The number of ether oxygens (including phenoxy) is 1. The van der Waals surface area contributed by atoms with Gasteiger partial charge in [0.05, 0.1) is 18.8 Å². The molecule has 4 rings (SSSR count). The largest absolute Gasteiger partial charge is 0.416 e. The molecule has 0 saturated heterocycles. The third-order valence-corrected chi connectivity index (χ3v) is 5.01. The molecule has 1 aliphatic heterocycles. The van der Waals surface area contributed by atoms with E-state index >= 15 is 0 Å². The molecule has 2 aromatic carbocycles. The normalized spacial score (nSPS) is 21.3. The fraction of sp³-hybridized carbons (Fsp3) is 0.350. The summed E-state index contributed by atoms with van der Waals surface area (Å²) in [7, 11) is 0. The molecular weight excluding hydrogens is 357 g/mol. The molecule has 27 heavy (non-hydrogen) atoms. The van der Waals surface area contributed by atoms with Gasteiger partial charge in [-0.1, -0.05) is 24.3 Å². The molecule has 2 atom stereocenters. The van der Waals surface area contributed by atoms with Crippen molar-refractivity contribution < 1.29 is 22.7 Å². The highest BCUT2D eigenvalue weighted by Gasteiger charge is 2.44. The second-order valence-corrected chi connectivity index (χ2v) is 6.92. The van der Waals surface area contributed by atoms with Crippen molar-refractivity contribution >= 4 is 11.7 Å². The molecule has 2 N–H and O–H groups in total. The van der Waals surface area contributed by atoms with Crippen LogP contribution in [0.25, 0.3) is 0 Å². The maximum absolute atomic E-state index is 13.1. The Morgan fingerprint density at radius 2 is 1.93 bits per heavy atom. The van der Waals surface area contributed by atoms with Crippen LogP contribution in [0, 0.1) is 0 Å². The Kier molecular flexibility index (Phi) is 4.55. The number of rotatable bonds is 3. The number of benzene rings is 2. The van der Waals surface area contributed by atoms with E-state index in [2.05, 4.69) is 10.6 Å². The SMILES string of the molecule is O=C(Nc1ccc2c(c1)CCOC2)N[C@@H]1C[C@H]1c1ccccc1C(F)(F)F. The number of urea groups is 1. The van der Waals surface area contributed by atoms with Crippen LogP contribution in [0.1, 0.15) is 34.6 Å². The molecule has 0 aromatic heterocycles. The minimum Gasteiger partial charge on any atom is -0.376 e. The van der Waals surface area contributed by atoms with Gasteiger partial charge in [0, 0.05) is 17.6 Å². The number of nitrogens with one attached hydrogen (secondary N) is 2. The van der Waals surface area contributed by atoms with E-state index in [9.17, 15) is 18.0 Å². The predicted molar refractivity (Wildman–Crippen MR) is 94.5 cm³/mol. The molecule has 142 valence electrons. The van der Waals surface area contributed by atoms with E-state index in [1.807, 2.05) is 12.1 Å². The van der Waals surface area contributed by atoms with Crippen LogP contribution in [0.3, 0.4) is 0 Å². The van der Waals surface area contributed by atoms with Crippen LogP contribution in [-0.4, -0.2) is 18.7 Å². The molecule has 0 spiro atoms. The summed E-state index contributed by atoms with van der Waals surface area (Å²) in [6, 6.07) is 10.5. The van der Waals surface area contributed by atoms with E-state index in [4.69, 9.17) is 4.74 Å². The fourth-order valence-electron chi connectivity index (χ4n) is 3.55. The van der Waals surface area contributed by atoms with E-state index in [0.717, 1.165) is 23.6 Å². The maximum Gasteiger partial charge on any atom is 0.416 e. The number of anilines is 1. The quantitative estimate of drug-likeness (QED) is 0.831. The van der Waals surface area contributed by atoms with Crippen molar-refractivity contribution in [1.82, 2.24) is 5.32 Å². The van der Waals surface area contributed by atoms with E-state index in [1.165, 1.54) is 12.1 Å². The molecule has 0 unspecified atom stereocenters. The van der Waals surface area contributed by atoms with Gasteiger partial charge in [0.25, 0.3) is 0 Å². The number of hydrogen-bond donors (Lipinski definition) is 2. The van der Waals surface area contributed by atoms with Gasteiger partial charge < -0.3 is 15.4 Å². The predicted octanol–water partition coefficient (Wildman–Crippen LogP) is 4.46. The minimum atomic E-state index is -4.39. The van der Waals surface area contributed by atoms with Crippen LogP contribution in [0.15, 0.2) is 42.5 Å². The lowest BCUT2D eigenvalue weighted by Gasteiger charge is -2.17. The van der Waals surface area contributed by atoms with Gasteiger partial charge in [-0.25, -0.2) is 4.79 Å². The molecule has 1 heterocycles. The van der Waals surface area contributed by atoms with Gasteiger partial charge in [0.1, 0.15) is 0 Å². The smallest absolute Gasteiger partial charge is 0.376 e. The monoisotopic (exact) mass is 376 g/mol. The lowest BCUT2D eigenvalue weighted by Crippen LogP contribution is -2.31. The van der Waals surface area contributed by atoms with Gasteiger partial charge in [0.15, 0.2) is 0 Å². The zero-order valence-corrected chi connectivity index (χ0v) is 14.5. The standard InChI is InChI=1S/C20H19F3N2O2/c21-20(22,23)17-4-2-1-3-15(17)16-10-18(16)25-19(26)24-14-6-5-13-11-27-8-7-12(13)9-14/h1-6,9,16,18H,7-8,10-11H2,(H2,24,25,26)/t16-,18+/m0/s1. The first-order valence-corrected chi connectivity index (χ1v) is 8.85. The van der Waals surface area contributed by atoms with Crippen molar-refractivity contribution in [3.63, 3.8) is 0 Å². The number of carbonyl (C=O) groups is 1. The van der Waals surface area contributed by atoms with Crippen LogP contribution in [0.2, 0.25) is 0 Å². The van der Waals surface area contributed by atoms with Gasteiger partial charge in [-0.3, -0.25) is 0 Å². The number of alkyl halides is 3. The zero-order valence-electron chi connectivity index (χ0n) is 14.5. The molecule has 0 bridgehead atoms. The van der Waals surface area contributed by atoms with Crippen molar-refractivity contribution in [1.29, 1.82) is 0 Å². The Morgan fingerprint density at radius 3 is 2.74 bits per heavy atom. The summed E-state index contributed by atoms with van der Waals surface area (Å²) in [5.41, 5.74) is 2.53. The Morgan fingerprint density at radius 1 is 1.11 bits per heavy atom. The number of halogens is 3. The van der Waals surface area contributed by atoms with Crippen molar-refractivity contribution in [2.45, 2.75) is 37.6 Å². The molecule has 2 aromatic rings. The van der Waals surface area contributed by atoms with Crippen LogP contribution < -0.4 is 10.6 Å². The topological polar surface area (TPSA) is 50.4 Å². The highest BCUT2D eigenvalue weighted by molar-refractivity contribution is 5.90. The van der Waals surface area contributed by atoms with Gasteiger partial charge >= 0.3 is 12.2 Å². The first-order chi connectivity index (χ1) is 12.9. The number of carbonyl (C=O) groups excluding carboxylic acids is 1. The average Bonchev–Trinajstić information content (AvgIpc) is 3.39. The number of amides is 2. The van der Waals surface area contributed by atoms with Crippen molar-refractivity contribution in [2.24, 2.45) is 0 Å². The van der Waals surface area contributed by atoms with E-state index in [-0.39, 0.29) is 17.5 Å². The average molecular weight is 376 g/mol. The highest BCUT2D eigenvalue weighted by Crippen LogP contribution is 2.46. The molecule has 1 saturated carbocycles. The second kappa shape index (κ2) is 6.88. The lowest BCUT2D eigenvalue weighted by atomic mass is 10.0. The van der Waals surface area contributed by atoms with E-state index in [1.54, 1.807) is 12.1 Å². The maximum atomic E-state index is 13.1. The molecule has 4 nitrogen and oxygen atoms in total. The first-order valence-electron chi connectivity index (χ1n) is 8.85. The fourth-order valence-corrected chi connectivity index (χ4v) is 3.55. The van der Waals surface area contributed by atoms with Crippen molar-refractivity contribution in [2.75, 3.05) is 11.9 Å². The van der Waals surface area contributed by atoms with Crippen LogP contribution >= 0.6 is 0 Å². The second-order valence-electron chi connectivity index (χ2n) is 6.92. The molecule has 2 aliphatic rings.